The van der Waals surface area contributed by atoms with Gasteiger partial charge in [0.05, 0.1) is 19.2 Å². The third kappa shape index (κ3) is 3.72. The van der Waals surface area contributed by atoms with Crippen molar-refractivity contribution in [2.45, 2.75) is 31.7 Å². The highest BCUT2D eigenvalue weighted by Crippen LogP contribution is 2.17. The Labute approximate surface area is 106 Å². The monoisotopic (exact) mass is 260 g/mol. The Morgan fingerprint density at radius 2 is 2.50 bits per heavy atom. The van der Waals surface area contributed by atoms with Crippen molar-refractivity contribution >= 4 is 12.1 Å². The number of hydrogen-bond acceptors (Lipinski definition) is 5. The van der Waals surface area contributed by atoms with Gasteiger partial charge in [-0.15, -0.1) is 0 Å². The number of aliphatic imine (C=N–C) groups is 1. The van der Waals surface area contributed by atoms with Gasteiger partial charge in [-0.3, -0.25) is 15.6 Å². The Hall–Kier alpha value is -1.05. The zero-order chi connectivity index (χ0) is 13.5. The van der Waals surface area contributed by atoms with Crippen molar-refractivity contribution in [2.24, 2.45) is 10.8 Å². The number of hydrogen-bond donors (Lipinski definition) is 2. The number of carbonyl (C=O) groups excluding carboxylic acids is 1. The summed E-state index contributed by atoms with van der Waals surface area (Å²) in [4.78, 5) is 17.5. The van der Waals surface area contributed by atoms with Crippen LogP contribution < -0.4 is 11.3 Å². The lowest BCUT2D eigenvalue weighted by Gasteiger charge is -2.35. The Balaban J connectivity index is 2.56. The highest BCUT2D eigenvalue weighted by atomic mass is 19.1. The number of ether oxygens (including phenoxy) is 1. The Morgan fingerprint density at radius 1 is 1.78 bits per heavy atom. The number of halogens is 1. The predicted octanol–water partition coefficient (Wildman–Crippen LogP) is -0.506. The van der Waals surface area contributed by atoms with Gasteiger partial charge in [-0.2, -0.15) is 0 Å². The van der Waals surface area contributed by atoms with Gasteiger partial charge in [0.1, 0.15) is 12.2 Å². The second-order valence-electron chi connectivity index (χ2n) is 4.21. The standard InChI is InChI=1S/C11H21FN4O2/c1-3-14-6-9(15-13)11(17)16-5-4-10(18-2)8(12)7-16/h3,8-10,15H,4-7,13H2,1-2H3/t8-,9?,10+/m1/s1. The van der Waals surface area contributed by atoms with E-state index in [1.165, 1.54) is 12.0 Å². The van der Waals surface area contributed by atoms with E-state index in [9.17, 15) is 9.18 Å². The Morgan fingerprint density at radius 3 is 3.00 bits per heavy atom. The largest absolute Gasteiger partial charge is 0.378 e. The maximum absolute atomic E-state index is 13.7. The number of nitrogens with zero attached hydrogens (tertiary/aromatic N) is 2. The number of carbonyl (C=O) groups is 1. The minimum absolute atomic E-state index is 0.0470. The fourth-order valence-electron chi connectivity index (χ4n) is 1.98. The number of amides is 1. The van der Waals surface area contributed by atoms with E-state index in [-0.39, 0.29) is 19.0 Å². The molecule has 0 radical (unpaired) electrons. The first kappa shape index (κ1) is 15.0. The quantitative estimate of drug-likeness (QED) is 0.396. The minimum atomic E-state index is -1.15. The maximum Gasteiger partial charge on any atom is 0.243 e. The van der Waals surface area contributed by atoms with E-state index in [1.54, 1.807) is 13.1 Å². The molecule has 1 fully saturated rings. The van der Waals surface area contributed by atoms with E-state index in [4.69, 9.17) is 10.6 Å². The van der Waals surface area contributed by atoms with Gasteiger partial charge in [-0.25, -0.2) is 9.82 Å². The molecule has 3 N–H and O–H groups in total. The molecule has 104 valence electrons. The summed E-state index contributed by atoms with van der Waals surface area (Å²) in [5, 5.41) is 0. The summed E-state index contributed by atoms with van der Waals surface area (Å²) in [6, 6.07) is -0.604. The van der Waals surface area contributed by atoms with Crippen molar-refractivity contribution < 1.29 is 13.9 Å². The summed E-state index contributed by atoms with van der Waals surface area (Å²) in [5.41, 5.74) is 2.42. The number of likely N-dealkylation sites (tertiary alicyclic amines) is 1. The van der Waals surface area contributed by atoms with E-state index in [1.807, 2.05) is 0 Å². The number of hydrazine groups is 1. The number of methoxy groups -OCH3 is 1. The number of alkyl halides is 1. The van der Waals surface area contributed by atoms with E-state index in [0.717, 1.165) is 0 Å². The SMILES string of the molecule is CC=NCC(NN)C(=O)N1CC[C@H](OC)[C@H](F)C1. The average Bonchev–Trinajstić information content (AvgIpc) is 2.39. The van der Waals surface area contributed by atoms with Crippen LogP contribution in [-0.2, 0) is 9.53 Å². The van der Waals surface area contributed by atoms with Crippen LogP contribution >= 0.6 is 0 Å². The summed E-state index contributed by atoms with van der Waals surface area (Å²) in [5.74, 6) is 5.10. The van der Waals surface area contributed by atoms with Gasteiger partial charge in [-0.1, -0.05) is 0 Å². The highest BCUT2D eigenvalue weighted by Gasteiger charge is 2.33. The number of piperidine rings is 1. The molecule has 18 heavy (non-hydrogen) atoms. The van der Waals surface area contributed by atoms with Crippen molar-refractivity contribution in [3.8, 4) is 0 Å². The van der Waals surface area contributed by atoms with E-state index in [0.29, 0.717) is 13.0 Å². The molecule has 1 unspecified atom stereocenters. The van der Waals surface area contributed by atoms with Crippen LogP contribution in [0.5, 0.6) is 0 Å². The minimum Gasteiger partial charge on any atom is -0.378 e. The van der Waals surface area contributed by atoms with Crippen LogP contribution in [-0.4, -0.2) is 62.1 Å². The molecule has 0 saturated carbocycles. The first-order chi connectivity index (χ1) is 8.63. The summed E-state index contributed by atoms with van der Waals surface area (Å²) in [6.45, 7) is 2.55. The topological polar surface area (TPSA) is 79.9 Å². The molecule has 6 nitrogen and oxygen atoms in total. The van der Waals surface area contributed by atoms with Crippen molar-refractivity contribution in [3.63, 3.8) is 0 Å². The third-order valence-electron chi connectivity index (χ3n) is 3.07. The molecule has 1 rings (SSSR count). The number of nitrogens with one attached hydrogen (secondary N) is 1. The third-order valence-corrected chi connectivity index (χ3v) is 3.07. The van der Waals surface area contributed by atoms with Gasteiger partial charge in [-0.05, 0) is 19.6 Å². The van der Waals surface area contributed by atoms with Crippen LogP contribution in [0, 0.1) is 0 Å². The molecule has 0 spiro atoms. The van der Waals surface area contributed by atoms with E-state index in [2.05, 4.69) is 10.4 Å². The lowest BCUT2D eigenvalue weighted by Crippen LogP contribution is -2.55. The van der Waals surface area contributed by atoms with Gasteiger partial charge in [0.15, 0.2) is 0 Å². The molecule has 0 bridgehead atoms. The van der Waals surface area contributed by atoms with Crippen LogP contribution in [0.4, 0.5) is 4.39 Å². The molecule has 0 aromatic heterocycles. The summed E-state index contributed by atoms with van der Waals surface area (Å²) in [7, 11) is 1.48. The highest BCUT2D eigenvalue weighted by molar-refractivity contribution is 5.82. The summed E-state index contributed by atoms with van der Waals surface area (Å²) < 4.78 is 18.7. The molecule has 1 aliphatic heterocycles. The predicted molar refractivity (Wildman–Crippen MR) is 67.0 cm³/mol. The fourth-order valence-corrected chi connectivity index (χ4v) is 1.98. The zero-order valence-electron chi connectivity index (χ0n) is 10.8. The first-order valence-electron chi connectivity index (χ1n) is 6.00. The van der Waals surface area contributed by atoms with E-state index >= 15 is 0 Å². The number of nitrogens with two attached hydrogens (primary N) is 1. The molecular weight excluding hydrogens is 239 g/mol. The summed E-state index contributed by atoms with van der Waals surface area (Å²) >= 11 is 0. The van der Waals surface area contributed by atoms with Crippen molar-refractivity contribution in [3.05, 3.63) is 0 Å². The van der Waals surface area contributed by atoms with Crippen molar-refractivity contribution in [1.82, 2.24) is 10.3 Å². The molecule has 1 saturated heterocycles. The van der Waals surface area contributed by atoms with Gasteiger partial charge >= 0.3 is 0 Å². The number of rotatable bonds is 5. The normalized spacial score (nSPS) is 26.6. The van der Waals surface area contributed by atoms with Crippen LogP contribution in [0.1, 0.15) is 13.3 Å². The summed E-state index contributed by atoms with van der Waals surface area (Å²) in [6.07, 6.45) is 0.526. The van der Waals surface area contributed by atoms with E-state index < -0.39 is 18.3 Å². The molecule has 0 aromatic rings. The maximum atomic E-state index is 13.7. The molecular formula is C11H21FN4O2. The molecule has 1 heterocycles. The van der Waals surface area contributed by atoms with Gasteiger partial charge in [0.2, 0.25) is 5.91 Å². The van der Waals surface area contributed by atoms with Gasteiger partial charge < -0.3 is 9.64 Å². The Bertz CT molecular complexity index is 301. The Kier molecular flexibility index (Phi) is 6.17. The van der Waals surface area contributed by atoms with Crippen LogP contribution in [0.2, 0.25) is 0 Å². The van der Waals surface area contributed by atoms with Crippen LogP contribution in [0.25, 0.3) is 0 Å². The smallest absolute Gasteiger partial charge is 0.243 e. The van der Waals surface area contributed by atoms with Crippen molar-refractivity contribution in [2.75, 3.05) is 26.7 Å². The zero-order valence-corrected chi connectivity index (χ0v) is 10.8. The second-order valence-corrected chi connectivity index (χ2v) is 4.21. The second kappa shape index (κ2) is 7.40. The lowest BCUT2D eigenvalue weighted by molar-refractivity contribution is -0.138. The molecule has 7 heteroatoms. The molecule has 1 aliphatic rings. The van der Waals surface area contributed by atoms with Gasteiger partial charge in [0.25, 0.3) is 0 Å². The van der Waals surface area contributed by atoms with Crippen molar-refractivity contribution in [1.29, 1.82) is 0 Å². The lowest BCUT2D eigenvalue weighted by atomic mass is 10.0. The van der Waals surface area contributed by atoms with Gasteiger partial charge in [0, 0.05) is 13.7 Å². The molecule has 0 aromatic carbocycles. The fraction of sp³-hybridized carbons (Fsp3) is 0.818. The molecule has 0 aliphatic carbocycles. The average molecular weight is 260 g/mol. The molecule has 1 amide bonds. The van der Waals surface area contributed by atoms with Crippen LogP contribution in [0.15, 0.2) is 4.99 Å². The molecule has 3 atom stereocenters. The first-order valence-corrected chi connectivity index (χ1v) is 6.00. The van der Waals surface area contributed by atoms with Crippen LogP contribution in [0.3, 0.4) is 0 Å².